The molecular formula is C21H25FN2O4S. The monoisotopic (exact) mass is 420 g/mol. The lowest BCUT2D eigenvalue weighted by molar-refractivity contribution is -0.119. The molecule has 29 heavy (non-hydrogen) atoms. The number of fused-ring (bicyclic) bond motifs is 1. The number of sulfonamides is 1. The molecule has 1 atom stereocenters. The van der Waals surface area contributed by atoms with E-state index in [1.807, 2.05) is 31.2 Å². The second kappa shape index (κ2) is 9.02. The summed E-state index contributed by atoms with van der Waals surface area (Å²) in [4.78, 5) is 14.7. The predicted octanol–water partition coefficient (Wildman–Crippen LogP) is 2.83. The Morgan fingerprint density at radius 1 is 1.21 bits per heavy atom. The van der Waals surface area contributed by atoms with Gasteiger partial charge in [0.1, 0.15) is 5.82 Å². The standard InChI is InChI=1S/C21H25FN2O4S/c1-16-14-17-6-3-4-7-20(17)24(16)21(25)15-23(12-5-13-28-2)29(26,27)19-10-8-18(22)9-11-19/h3-4,6-11,16H,5,12-15H2,1-2H3/t16-/m1/s1. The number of carbonyl (C=O) groups is 1. The van der Waals surface area contributed by atoms with Gasteiger partial charge in [-0.05, 0) is 55.7 Å². The molecule has 0 spiro atoms. The Labute approximate surface area is 170 Å². The van der Waals surface area contributed by atoms with Crippen LogP contribution in [0.4, 0.5) is 10.1 Å². The van der Waals surface area contributed by atoms with E-state index < -0.39 is 15.8 Å². The maximum atomic E-state index is 13.2. The van der Waals surface area contributed by atoms with Gasteiger partial charge in [-0.25, -0.2) is 12.8 Å². The average Bonchev–Trinajstić information content (AvgIpc) is 3.03. The van der Waals surface area contributed by atoms with Crippen LogP contribution in [0.25, 0.3) is 0 Å². The fraction of sp³-hybridized carbons (Fsp3) is 0.381. The molecular weight excluding hydrogens is 395 g/mol. The Morgan fingerprint density at radius 3 is 2.59 bits per heavy atom. The number of hydrogen-bond acceptors (Lipinski definition) is 4. The molecule has 2 aromatic carbocycles. The Bertz CT molecular complexity index is 963. The summed E-state index contributed by atoms with van der Waals surface area (Å²) < 4.78 is 45.6. The van der Waals surface area contributed by atoms with Gasteiger partial charge >= 0.3 is 0 Å². The molecule has 0 radical (unpaired) electrons. The molecule has 3 rings (SSSR count). The third-order valence-corrected chi connectivity index (χ3v) is 6.85. The molecule has 0 N–H and O–H groups in total. The SMILES string of the molecule is COCCCN(CC(=O)N1c2ccccc2C[C@H]1C)S(=O)(=O)c1ccc(F)cc1. The predicted molar refractivity (Wildman–Crippen MR) is 109 cm³/mol. The zero-order valence-corrected chi connectivity index (χ0v) is 17.4. The van der Waals surface area contributed by atoms with Gasteiger partial charge < -0.3 is 9.64 Å². The lowest BCUT2D eigenvalue weighted by Gasteiger charge is -2.27. The van der Waals surface area contributed by atoms with E-state index in [1.165, 1.54) is 19.2 Å². The van der Waals surface area contributed by atoms with E-state index in [-0.39, 0.29) is 29.9 Å². The summed E-state index contributed by atoms with van der Waals surface area (Å²) in [6, 6.07) is 12.2. The first kappa shape index (κ1) is 21.4. The topological polar surface area (TPSA) is 66.9 Å². The largest absolute Gasteiger partial charge is 0.385 e. The fourth-order valence-electron chi connectivity index (χ4n) is 3.60. The maximum absolute atomic E-state index is 13.2. The molecule has 0 aromatic heterocycles. The summed E-state index contributed by atoms with van der Waals surface area (Å²) in [5, 5.41) is 0. The summed E-state index contributed by atoms with van der Waals surface area (Å²) >= 11 is 0. The van der Waals surface area contributed by atoms with Gasteiger partial charge in [-0.1, -0.05) is 18.2 Å². The number of halogens is 1. The van der Waals surface area contributed by atoms with Crippen LogP contribution in [0, 0.1) is 5.82 Å². The van der Waals surface area contributed by atoms with Crippen molar-refractivity contribution in [3.05, 3.63) is 59.9 Å². The number of carbonyl (C=O) groups excluding carboxylic acids is 1. The molecule has 0 fully saturated rings. The number of methoxy groups -OCH3 is 1. The van der Waals surface area contributed by atoms with E-state index in [4.69, 9.17) is 4.74 Å². The van der Waals surface area contributed by atoms with Crippen molar-refractivity contribution in [2.75, 3.05) is 31.7 Å². The van der Waals surface area contributed by atoms with E-state index in [0.717, 1.165) is 34.1 Å². The van der Waals surface area contributed by atoms with Crippen molar-refractivity contribution in [1.82, 2.24) is 4.31 Å². The van der Waals surface area contributed by atoms with Crippen molar-refractivity contribution in [3.8, 4) is 0 Å². The van der Waals surface area contributed by atoms with Crippen molar-refractivity contribution in [3.63, 3.8) is 0 Å². The highest BCUT2D eigenvalue weighted by molar-refractivity contribution is 7.89. The van der Waals surface area contributed by atoms with Crippen molar-refractivity contribution in [2.24, 2.45) is 0 Å². The van der Waals surface area contributed by atoms with Crippen LogP contribution < -0.4 is 4.90 Å². The van der Waals surface area contributed by atoms with Gasteiger partial charge in [-0.2, -0.15) is 4.31 Å². The molecule has 8 heteroatoms. The first-order chi connectivity index (χ1) is 13.8. The van der Waals surface area contributed by atoms with Crippen molar-refractivity contribution in [2.45, 2.75) is 30.7 Å². The Hall–Kier alpha value is -2.29. The number of benzene rings is 2. The summed E-state index contributed by atoms with van der Waals surface area (Å²) in [6.07, 6.45) is 1.17. The molecule has 1 aliphatic rings. The highest BCUT2D eigenvalue weighted by Gasteiger charge is 2.34. The second-order valence-electron chi connectivity index (χ2n) is 7.08. The number of ether oxygens (including phenoxy) is 1. The van der Waals surface area contributed by atoms with Crippen LogP contribution in [-0.4, -0.2) is 51.5 Å². The smallest absolute Gasteiger partial charge is 0.243 e. The minimum atomic E-state index is -3.95. The third-order valence-electron chi connectivity index (χ3n) is 4.99. The quantitative estimate of drug-likeness (QED) is 0.616. The van der Waals surface area contributed by atoms with Gasteiger partial charge in [0.15, 0.2) is 0 Å². The van der Waals surface area contributed by atoms with Gasteiger partial charge in [-0.15, -0.1) is 0 Å². The molecule has 0 saturated carbocycles. The van der Waals surface area contributed by atoms with Crippen LogP contribution in [0.5, 0.6) is 0 Å². The minimum Gasteiger partial charge on any atom is -0.385 e. The first-order valence-electron chi connectivity index (χ1n) is 9.49. The molecule has 2 aromatic rings. The number of rotatable bonds is 8. The van der Waals surface area contributed by atoms with Crippen molar-refractivity contribution < 1.29 is 22.3 Å². The zero-order valence-electron chi connectivity index (χ0n) is 16.5. The second-order valence-corrected chi connectivity index (χ2v) is 9.02. The molecule has 1 amide bonds. The molecule has 156 valence electrons. The van der Waals surface area contributed by atoms with Crippen LogP contribution in [-0.2, 0) is 26.0 Å². The van der Waals surface area contributed by atoms with Crippen LogP contribution in [0.2, 0.25) is 0 Å². The van der Waals surface area contributed by atoms with Gasteiger partial charge in [0.2, 0.25) is 15.9 Å². The summed E-state index contributed by atoms with van der Waals surface area (Å²) in [6.45, 7) is 2.15. The van der Waals surface area contributed by atoms with Gasteiger partial charge in [0.25, 0.3) is 0 Å². The number of nitrogens with zero attached hydrogens (tertiary/aromatic N) is 2. The molecule has 0 bridgehead atoms. The number of hydrogen-bond donors (Lipinski definition) is 0. The fourth-order valence-corrected chi connectivity index (χ4v) is 5.03. The van der Waals surface area contributed by atoms with E-state index in [1.54, 1.807) is 4.90 Å². The van der Waals surface area contributed by atoms with Crippen molar-refractivity contribution >= 4 is 21.6 Å². The van der Waals surface area contributed by atoms with Crippen molar-refractivity contribution in [1.29, 1.82) is 0 Å². The summed E-state index contributed by atoms with van der Waals surface area (Å²) in [5.41, 5.74) is 1.89. The van der Waals surface area contributed by atoms with Crippen LogP contribution in [0.1, 0.15) is 18.9 Å². The highest BCUT2D eigenvalue weighted by atomic mass is 32.2. The van der Waals surface area contributed by atoms with E-state index in [0.29, 0.717) is 13.0 Å². The van der Waals surface area contributed by atoms with Crippen LogP contribution in [0.15, 0.2) is 53.4 Å². The zero-order chi connectivity index (χ0) is 21.0. The van der Waals surface area contributed by atoms with Crippen LogP contribution >= 0.6 is 0 Å². The lowest BCUT2D eigenvalue weighted by atomic mass is 10.1. The molecule has 0 saturated heterocycles. The summed E-state index contributed by atoms with van der Waals surface area (Å²) in [5.74, 6) is -0.806. The maximum Gasteiger partial charge on any atom is 0.243 e. The highest BCUT2D eigenvalue weighted by Crippen LogP contribution is 2.32. The first-order valence-corrected chi connectivity index (χ1v) is 10.9. The van der Waals surface area contributed by atoms with Gasteiger partial charge in [0, 0.05) is 32.0 Å². The third kappa shape index (κ3) is 4.66. The number of amides is 1. The average molecular weight is 421 g/mol. The minimum absolute atomic E-state index is 0.0426. The Morgan fingerprint density at radius 2 is 1.90 bits per heavy atom. The van der Waals surface area contributed by atoms with Gasteiger partial charge in [0.05, 0.1) is 11.4 Å². The van der Waals surface area contributed by atoms with E-state index in [9.17, 15) is 17.6 Å². The lowest BCUT2D eigenvalue weighted by Crippen LogP contribution is -2.45. The Balaban J connectivity index is 1.85. The van der Waals surface area contributed by atoms with Crippen LogP contribution in [0.3, 0.4) is 0 Å². The molecule has 1 aliphatic heterocycles. The van der Waals surface area contributed by atoms with E-state index >= 15 is 0 Å². The molecule has 6 nitrogen and oxygen atoms in total. The van der Waals surface area contributed by atoms with Gasteiger partial charge in [-0.3, -0.25) is 4.79 Å². The van der Waals surface area contributed by atoms with E-state index in [2.05, 4.69) is 0 Å². The number of anilines is 1. The molecule has 0 unspecified atom stereocenters. The normalized spacial score (nSPS) is 16.3. The molecule has 0 aliphatic carbocycles. The molecule has 1 heterocycles. The summed E-state index contributed by atoms with van der Waals surface area (Å²) in [7, 11) is -2.42. The Kier molecular flexibility index (Phi) is 6.66. The number of para-hydroxylation sites is 1.